The van der Waals surface area contributed by atoms with Gasteiger partial charge in [-0.15, -0.1) is 0 Å². The van der Waals surface area contributed by atoms with Gasteiger partial charge >= 0.3 is 0 Å². The Hall–Kier alpha value is -2.94. The van der Waals surface area contributed by atoms with Crippen LogP contribution in [0.1, 0.15) is 40.4 Å². The van der Waals surface area contributed by atoms with Crippen LogP contribution in [0.15, 0.2) is 88.2 Å². The molecule has 0 unspecified atom stereocenters. The van der Waals surface area contributed by atoms with E-state index < -0.39 is 15.9 Å². The van der Waals surface area contributed by atoms with Crippen molar-refractivity contribution in [2.45, 2.75) is 23.7 Å². The lowest BCUT2D eigenvalue weighted by Crippen LogP contribution is -2.27. The van der Waals surface area contributed by atoms with Crippen LogP contribution >= 0.6 is 15.9 Å². The van der Waals surface area contributed by atoms with Gasteiger partial charge in [0.25, 0.3) is 5.91 Å². The summed E-state index contributed by atoms with van der Waals surface area (Å²) in [6.45, 7) is 0.234. The van der Waals surface area contributed by atoms with Crippen molar-refractivity contribution in [1.82, 2.24) is 9.71 Å². The van der Waals surface area contributed by atoms with E-state index in [-0.39, 0.29) is 23.1 Å². The Kier molecular flexibility index (Phi) is 6.97. The first-order valence-corrected chi connectivity index (χ1v) is 12.8. The first kappa shape index (κ1) is 23.2. The molecule has 0 spiro atoms. The fourth-order valence-electron chi connectivity index (χ4n) is 4.07. The van der Waals surface area contributed by atoms with Crippen molar-refractivity contribution in [1.29, 1.82) is 0 Å². The molecule has 0 bridgehead atoms. The number of H-pyrrole nitrogens is 1. The Labute approximate surface area is 201 Å². The zero-order chi connectivity index (χ0) is 23.4. The SMILES string of the molecule is NC(=O)c1[nH]c2ccc(Br)cc2c1S(=O)(=O)NCCCC(c1ccccc1)c1ccccc1. The molecule has 0 aliphatic heterocycles. The molecular weight excluding hydrogens is 502 g/mol. The smallest absolute Gasteiger partial charge is 0.266 e. The van der Waals surface area contributed by atoms with Crippen LogP contribution in [0.5, 0.6) is 0 Å². The Balaban J connectivity index is 1.53. The fraction of sp³-hybridized carbons (Fsp3) is 0.160. The molecule has 3 aromatic carbocycles. The van der Waals surface area contributed by atoms with Crippen molar-refractivity contribution >= 4 is 42.8 Å². The van der Waals surface area contributed by atoms with Gasteiger partial charge in [0.1, 0.15) is 10.6 Å². The zero-order valence-corrected chi connectivity index (χ0v) is 20.2. The van der Waals surface area contributed by atoms with Crippen LogP contribution in [0.2, 0.25) is 0 Å². The molecule has 33 heavy (non-hydrogen) atoms. The van der Waals surface area contributed by atoms with E-state index in [0.717, 1.165) is 6.42 Å². The Morgan fingerprint density at radius 2 is 1.58 bits per heavy atom. The van der Waals surface area contributed by atoms with E-state index in [4.69, 9.17) is 5.73 Å². The molecule has 0 fully saturated rings. The summed E-state index contributed by atoms with van der Waals surface area (Å²) in [5.74, 6) is -0.668. The number of nitrogens with two attached hydrogens (primary N) is 1. The minimum atomic E-state index is -3.97. The number of nitrogens with one attached hydrogen (secondary N) is 2. The first-order valence-electron chi connectivity index (χ1n) is 10.6. The van der Waals surface area contributed by atoms with Gasteiger partial charge in [0.2, 0.25) is 10.0 Å². The highest BCUT2D eigenvalue weighted by Crippen LogP contribution is 2.31. The number of hydrogen-bond donors (Lipinski definition) is 3. The maximum Gasteiger partial charge on any atom is 0.266 e. The summed E-state index contributed by atoms with van der Waals surface area (Å²) >= 11 is 3.36. The molecule has 0 radical (unpaired) electrons. The van der Waals surface area contributed by atoms with Crippen molar-refractivity contribution < 1.29 is 13.2 Å². The highest BCUT2D eigenvalue weighted by molar-refractivity contribution is 9.10. The number of benzene rings is 3. The number of amides is 1. The fourth-order valence-corrected chi connectivity index (χ4v) is 5.87. The maximum absolute atomic E-state index is 13.2. The number of aromatic nitrogens is 1. The van der Waals surface area contributed by atoms with E-state index in [0.29, 0.717) is 21.8 Å². The molecule has 0 aliphatic carbocycles. The summed E-state index contributed by atoms with van der Waals surface area (Å²) in [6.07, 6.45) is 1.38. The molecule has 0 saturated carbocycles. The third-order valence-corrected chi connectivity index (χ3v) is 7.63. The van der Waals surface area contributed by atoms with Gasteiger partial charge in [0, 0.05) is 27.8 Å². The topological polar surface area (TPSA) is 105 Å². The molecule has 4 aromatic rings. The van der Waals surface area contributed by atoms with Gasteiger partial charge in [0.15, 0.2) is 0 Å². The first-order chi connectivity index (χ1) is 15.9. The lowest BCUT2D eigenvalue weighted by atomic mass is 9.87. The maximum atomic E-state index is 13.2. The molecule has 6 nitrogen and oxygen atoms in total. The number of carbonyl (C=O) groups excluding carboxylic acids is 1. The van der Waals surface area contributed by atoms with Crippen molar-refractivity contribution in [2.24, 2.45) is 5.73 Å². The Bertz CT molecular complexity index is 1330. The van der Waals surface area contributed by atoms with Gasteiger partial charge in [-0.25, -0.2) is 13.1 Å². The molecular formula is C25H24BrN3O3S. The number of aromatic amines is 1. The number of hydrogen-bond acceptors (Lipinski definition) is 3. The van der Waals surface area contributed by atoms with Crippen LogP contribution in [0.3, 0.4) is 0 Å². The van der Waals surface area contributed by atoms with Crippen LogP contribution in [0, 0.1) is 0 Å². The predicted molar refractivity (Wildman–Crippen MR) is 134 cm³/mol. The largest absolute Gasteiger partial charge is 0.364 e. The Morgan fingerprint density at radius 3 is 2.15 bits per heavy atom. The van der Waals surface area contributed by atoms with Crippen molar-refractivity contribution in [3.05, 3.63) is 100 Å². The number of carbonyl (C=O) groups is 1. The lowest BCUT2D eigenvalue weighted by Gasteiger charge is -2.18. The summed E-state index contributed by atoms with van der Waals surface area (Å²) in [4.78, 5) is 14.7. The van der Waals surface area contributed by atoms with Gasteiger partial charge in [0.05, 0.1) is 0 Å². The van der Waals surface area contributed by atoms with Crippen LogP contribution in [-0.4, -0.2) is 25.9 Å². The summed E-state index contributed by atoms with van der Waals surface area (Å²) in [5, 5.41) is 0.414. The molecule has 1 aromatic heterocycles. The van der Waals surface area contributed by atoms with E-state index in [1.807, 2.05) is 36.4 Å². The molecule has 170 valence electrons. The minimum absolute atomic E-state index is 0.117. The van der Waals surface area contributed by atoms with Crippen molar-refractivity contribution in [3.63, 3.8) is 0 Å². The normalized spacial score (nSPS) is 11.8. The third-order valence-electron chi connectivity index (χ3n) is 5.59. The van der Waals surface area contributed by atoms with Gasteiger partial charge in [-0.05, 0) is 42.2 Å². The van der Waals surface area contributed by atoms with Crippen molar-refractivity contribution in [3.8, 4) is 0 Å². The second kappa shape index (κ2) is 9.91. The third kappa shape index (κ3) is 5.19. The summed E-state index contributed by atoms with van der Waals surface area (Å²) in [7, 11) is -3.97. The summed E-state index contributed by atoms with van der Waals surface area (Å²) < 4.78 is 29.7. The van der Waals surface area contributed by atoms with Gasteiger partial charge in [-0.2, -0.15) is 0 Å². The number of fused-ring (bicyclic) bond motifs is 1. The average Bonchev–Trinajstić information content (AvgIpc) is 3.20. The van der Waals surface area contributed by atoms with Crippen LogP contribution < -0.4 is 10.5 Å². The molecule has 0 aliphatic rings. The monoisotopic (exact) mass is 525 g/mol. The molecule has 1 amide bonds. The number of sulfonamides is 1. The van der Waals surface area contributed by atoms with Crippen LogP contribution in [0.4, 0.5) is 0 Å². The highest BCUT2D eigenvalue weighted by atomic mass is 79.9. The van der Waals surface area contributed by atoms with E-state index in [2.05, 4.69) is 49.9 Å². The van der Waals surface area contributed by atoms with Gasteiger partial charge < -0.3 is 10.7 Å². The molecule has 0 saturated heterocycles. The summed E-state index contributed by atoms with van der Waals surface area (Å²) in [6, 6.07) is 25.5. The van der Waals surface area contributed by atoms with E-state index >= 15 is 0 Å². The second-order valence-corrected chi connectivity index (χ2v) is 10.4. The minimum Gasteiger partial charge on any atom is -0.364 e. The average molecular weight is 526 g/mol. The number of primary amides is 1. The number of halogens is 1. The van der Waals surface area contributed by atoms with Crippen molar-refractivity contribution in [2.75, 3.05) is 6.54 Å². The predicted octanol–water partition coefficient (Wildman–Crippen LogP) is 4.92. The van der Waals surface area contributed by atoms with E-state index in [1.54, 1.807) is 18.2 Å². The van der Waals surface area contributed by atoms with Gasteiger partial charge in [-0.3, -0.25) is 4.79 Å². The highest BCUT2D eigenvalue weighted by Gasteiger charge is 2.27. The van der Waals surface area contributed by atoms with Crippen LogP contribution in [0.25, 0.3) is 10.9 Å². The zero-order valence-electron chi connectivity index (χ0n) is 17.8. The summed E-state index contributed by atoms with van der Waals surface area (Å²) in [5.41, 5.74) is 8.24. The number of rotatable bonds is 9. The quantitative estimate of drug-likeness (QED) is 0.270. The molecule has 4 rings (SSSR count). The molecule has 4 N–H and O–H groups in total. The van der Waals surface area contributed by atoms with E-state index in [9.17, 15) is 13.2 Å². The Morgan fingerprint density at radius 1 is 0.970 bits per heavy atom. The van der Waals surface area contributed by atoms with E-state index in [1.165, 1.54) is 11.1 Å². The standard InChI is InChI=1S/C25H24BrN3O3S/c26-19-13-14-22-21(16-19)24(23(29-22)25(27)30)33(31,32)28-15-7-12-20(17-8-3-1-4-9-17)18-10-5-2-6-11-18/h1-6,8-11,13-14,16,20,28-29H,7,12,15H2,(H2,27,30). The van der Waals surface area contributed by atoms with Crippen LogP contribution in [-0.2, 0) is 10.0 Å². The molecule has 8 heteroatoms. The molecule has 1 heterocycles. The van der Waals surface area contributed by atoms with Gasteiger partial charge in [-0.1, -0.05) is 76.6 Å². The molecule has 0 atom stereocenters. The lowest BCUT2D eigenvalue weighted by molar-refractivity contribution is 0.0993. The second-order valence-electron chi connectivity index (χ2n) is 7.80.